The Bertz CT molecular complexity index is 692. The number of nitrogens with one attached hydrogen (secondary N) is 2. The Labute approximate surface area is 141 Å². The quantitative estimate of drug-likeness (QED) is 0.859. The zero-order valence-corrected chi connectivity index (χ0v) is 13.6. The molecule has 1 amide bonds. The molecule has 2 N–H and O–H groups in total. The van der Waals surface area contributed by atoms with Crippen molar-refractivity contribution in [3.05, 3.63) is 35.9 Å². The first-order valence-corrected chi connectivity index (χ1v) is 8.79. The summed E-state index contributed by atoms with van der Waals surface area (Å²) in [7, 11) is 0. The number of alkyl carbamates (subject to hydrolysis) is 1. The second-order valence-corrected chi connectivity index (χ2v) is 7.50. The molecule has 24 heavy (non-hydrogen) atoms. The zero-order valence-electron chi connectivity index (χ0n) is 13.6. The molecule has 1 saturated carbocycles. The minimum atomic E-state index is -0.343. The Morgan fingerprint density at radius 3 is 2.75 bits per heavy atom. The number of guanidine groups is 1. The number of fused-ring (bicyclic) bond motifs is 1. The summed E-state index contributed by atoms with van der Waals surface area (Å²) < 4.78 is 5.68. The third kappa shape index (κ3) is 1.95. The molecule has 6 nitrogen and oxygen atoms in total. The molecule has 4 aliphatic rings. The van der Waals surface area contributed by atoms with Crippen LogP contribution in [0.15, 0.2) is 35.3 Å². The third-order valence-electron chi connectivity index (χ3n) is 6.02. The summed E-state index contributed by atoms with van der Waals surface area (Å²) in [6.07, 6.45) is 3.96. The van der Waals surface area contributed by atoms with E-state index >= 15 is 0 Å². The molecule has 1 atom stereocenters. The van der Waals surface area contributed by atoms with Crippen LogP contribution in [0.5, 0.6) is 0 Å². The van der Waals surface area contributed by atoms with Gasteiger partial charge in [0.2, 0.25) is 0 Å². The summed E-state index contributed by atoms with van der Waals surface area (Å²) in [4.78, 5) is 18.6. The number of ether oxygens (including phenoxy) is 1. The Morgan fingerprint density at radius 1 is 1.25 bits per heavy atom. The monoisotopic (exact) mass is 326 g/mol. The van der Waals surface area contributed by atoms with Gasteiger partial charge in [0.25, 0.3) is 0 Å². The van der Waals surface area contributed by atoms with Crippen LogP contribution in [0.1, 0.15) is 24.8 Å². The van der Waals surface area contributed by atoms with Crippen molar-refractivity contribution in [2.75, 3.05) is 19.6 Å². The van der Waals surface area contributed by atoms with Crippen LogP contribution < -0.4 is 10.6 Å². The van der Waals surface area contributed by atoms with Gasteiger partial charge < -0.3 is 20.3 Å². The Morgan fingerprint density at radius 2 is 2.04 bits per heavy atom. The van der Waals surface area contributed by atoms with Crippen LogP contribution in [-0.2, 0) is 11.2 Å². The predicted octanol–water partition coefficient (Wildman–Crippen LogP) is 1.27. The molecular formula is C18H22N4O2. The fourth-order valence-corrected chi connectivity index (χ4v) is 4.48. The SMILES string of the molecule is O=C1NC2(CCC2)C2(CN(C3=NCC(Cc4ccccc4)N3)C2)O1. The molecule has 1 unspecified atom stereocenters. The van der Waals surface area contributed by atoms with Crippen molar-refractivity contribution in [1.82, 2.24) is 15.5 Å². The van der Waals surface area contributed by atoms with Crippen molar-refractivity contribution in [3.63, 3.8) is 0 Å². The standard InChI is InChI=1S/C18H22N4O2/c23-16-21-17(7-4-8-17)18(24-16)11-22(12-18)15-19-10-14(20-15)9-13-5-2-1-3-6-13/h1-3,5-6,14H,4,7-12H2,(H,19,20)(H,21,23). The lowest BCUT2D eigenvalue weighted by Crippen LogP contribution is -2.77. The van der Waals surface area contributed by atoms with Gasteiger partial charge in [-0.15, -0.1) is 0 Å². The van der Waals surface area contributed by atoms with Crippen LogP contribution in [0.2, 0.25) is 0 Å². The first kappa shape index (κ1) is 14.1. The first-order valence-electron chi connectivity index (χ1n) is 8.79. The fourth-order valence-electron chi connectivity index (χ4n) is 4.48. The van der Waals surface area contributed by atoms with E-state index in [0.29, 0.717) is 6.04 Å². The summed E-state index contributed by atoms with van der Waals surface area (Å²) in [5.74, 6) is 0.957. The zero-order chi connectivity index (χ0) is 16.2. The summed E-state index contributed by atoms with van der Waals surface area (Å²) in [5, 5.41) is 6.60. The van der Waals surface area contributed by atoms with Crippen molar-refractivity contribution < 1.29 is 9.53 Å². The molecule has 5 rings (SSSR count). The van der Waals surface area contributed by atoms with Gasteiger partial charge in [-0.25, -0.2) is 4.79 Å². The number of likely N-dealkylation sites (tertiary alicyclic amines) is 1. The summed E-state index contributed by atoms with van der Waals surface area (Å²) in [5.41, 5.74) is 0.863. The fraction of sp³-hybridized carbons (Fsp3) is 0.556. The molecule has 2 spiro atoms. The second kappa shape index (κ2) is 4.88. The van der Waals surface area contributed by atoms with E-state index in [1.54, 1.807) is 0 Å². The van der Waals surface area contributed by atoms with Gasteiger partial charge in [0.1, 0.15) is 0 Å². The number of amides is 1. The molecule has 3 fully saturated rings. The van der Waals surface area contributed by atoms with Gasteiger partial charge >= 0.3 is 6.09 Å². The molecule has 0 bridgehead atoms. The van der Waals surface area contributed by atoms with E-state index in [4.69, 9.17) is 4.74 Å². The van der Waals surface area contributed by atoms with Crippen LogP contribution in [-0.4, -0.2) is 53.8 Å². The summed E-state index contributed by atoms with van der Waals surface area (Å²) in [6, 6.07) is 10.8. The molecule has 126 valence electrons. The maximum atomic E-state index is 11.7. The second-order valence-electron chi connectivity index (χ2n) is 7.50. The Hall–Kier alpha value is -2.24. The number of carbonyl (C=O) groups excluding carboxylic acids is 1. The van der Waals surface area contributed by atoms with Gasteiger partial charge in [-0.1, -0.05) is 30.3 Å². The average Bonchev–Trinajstić information content (AvgIpc) is 3.08. The summed E-state index contributed by atoms with van der Waals surface area (Å²) in [6.45, 7) is 2.29. The summed E-state index contributed by atoms with van der Waals surface area (Å²) >= 11 is 0. The highest BCUT2D eigenvalue weighted by Crippen LogP contribution is 2.50. The van der Waals surface area contributed by atoms with E-state index in [0.717, 1.165) is 44.9 Å². The molecule has 1 aromatic carbocycles. The topological polar surface area (TPSA) is 66.0 Å². The molecule has 6 heteroatoms. The maximum Gasteiger partial charge on any atom is 0.408 e. The largest absolute Gasteiger partial charge is 0.437 e. The maximum absolute atomic E-state index is 11.7. The number of benzene rings is 1. The number of hydrogen-bond donors (Lipinski definition) is 2. The normalized spacial score (nSPS) is 28.7. The first-order chi connectivity index (χ1) is 11.7. The number of rotatable bonds is 2. The molecule has 1 aromatic rings. The highest BCUT2D eigenvalue weighted by molar-refractivity contribution is 5.84. The highest BCUT2D eigenvalue weighted by atomic mass is 16.6. The van der Waals surface area contributed by atoms with Gasteiger partial charge in [0.15, 0.2) is 11.6 Å². The van der Waals surface area contributed by atoms with Gasteiger partial charge in [-0.3, -0.25) is 4.99 Å². The van der Waals surface area contributed by atoms with E-state index in [1.165, 1.54) is 12.0 Å². The number of carbonyl (C=O) groups is 1. The number of aliphatic imine (C=N–C) groups is 1. The van der Waals surface area contributed by atoms with Gasteiger partial charge in [-0.05, 0) is 31.2 Å². The van der Waals surface area contributed by atoms with E-state index in [1.807, 2.05) is 6.07 Å². The van der Waals surface area contributed by atoms with Crippen molar-refractivity contribution in [2.45, 2.75) is 42.9 Å². The molecular weight excluding hydrogens is 304 g/mol. The average molecular weight is 326 g/mol. The molecule has 3 heterocycles. The molecule has 0 aromatic heterocycles. The lowest BCUT2D eigenvalue weighted by atomic mass is 9.63. The minimum Gasteiger partial charge on any atom is -0.437 e. The molecule has 1 aliphatic carbocycles. The molecule has 3 aliphatic heterocycles. The lowest BCUT2D eigenvalue weighted by molar-refractivity contribution is -0.114. The molecule has 0 radical (unpaired) electrons. The van der Waals surface area contributed by atoms with Crippen molar-refractivity contribution in [2.24, 2.45) is 4.99 Å². The van der Waals surface area contributed by atoms with E-state index in [2.05, 4.69) is 44.8 Å². The number of nitrogens with zero attached hydrogens (tertiary/aromatic N) is 2. The lowest BCUT2D eigenvalue weighted by Gasteiger charge is -2.57. The van der Waals surface area contributed by atoms with Crippen molar-refractivity contribution in [3.8, 4) is 0 Å². The van der Waals surface area contributed by atoms with E-state index in [9.17, 15) is 4.79 Å². The number of hydrogen-bond acceptors (Lipinski definition) is 5. The van der Waals surface area contributed by atoms with Crippen molar-refractivity contribution >= 4 is 12.1 Å². The highest BCUT2D eigenvalue weighted by Gasteiger charge is 2.68. The Balaban J connectivity index is 1.21. The third-order valence-corrected chi connectivity index (χ3v) is 6.02. The van der Waals surface area contributed by atoms with Crippen LogP contribution in [0, 0.1) is 0 Å². The molecule has 2 saturated heterocycles. The Kier molecular flexibility index (Phi) is 2.87. The van der Waals surface area contributed by atoms with Gasteiger partial charge in [0, 0.05) is 0 Å². The van der Waals surface area contributed by atoms with E-state index < -0.39 is 0 Å². The van der Waals surface area contributed by atoms with E-state index in [-0.39, 0.29) is 17.2 Å². The van der Waals surface area contributed by atoms with Crippen LogP contribution >= 0.6 is 0 Å². The minimum absolute atomic E-state index is 0.122. The van der Waals surface area contributed by atoms with Crippen molar-refractivity contribution in [1.29, 1.82) is 0 Å². The smallest absolute Gasteiger partial charge is 0.408 e. The van der Waals surface area contributed by atoms with Gasteiger partial charge in [-0.2, -0.15) is 0 Å². The van der Waals surface area contributed by atoms with Gasteiger partial charge in [0.05, 0.1) is 31.2 Å². The van der Waals surface area contributed by atoms with Crippen LogP contribution in [0.3, 0.4) is 0 Å². The van der Waals surface area contributed by atoms with Crippen LogP contribution in [0.4, 0.5) is 4.79 Å². The van der Waals surface area contributed by atoms with Crippen LogP contribution in [0.25, 0.3) is 0 Å². The predicted molar refractivity (Wildman–Crippen MR) is 89.9 cm³/mol.